The molecule has 0 bridgehead atoms. The second kappa shape index (κ2) is 11.5. The molecule has 0 saturated heterocycles. The molecule has 0 aliphatic heterocycles. The van der Waals surface area contributed by atoms with E-state index in [1.165, 1.54) is 0 Å². The molecule has 0 spiro atoms. The van der Waals surface area contributed by atoms with Gasteiger partial charge < -0.3 is 18.6 Å². The number of halogens is 1. The second-order valence-electron chi connectivity index (χ2n) is 8.59. The highest BCUT2D eigenvalue weighted by Crippen LogP contribution is 2.36. The van der Waals surface area contributed by atoms with Crippen LogP contribution in [0.1, 0.15) is 39.2 Å². The van der Waals surface area contributed by atoms with Crippen molar-refractivity contribution < 1.29 is 18.6 Å². The van der Waals surface area contributed by atoms with E-state index in [0.717, 1.165) is 22.2 Å². The van der Waals surface area contributed by atoms with Gasteiger partial charge in [-0.1, -0.05) is 55.4 Å². The van der Waals surface area contributed by atoms with E-state index in [9.17, 15) is 0 Å². The van der Waals surface area contributed by atoms with Crippen molar-refractivity contribution in [3.05, 3.63) is 40.9 Å². The number of methoxy groups -OCH3 is 2. The van der Waals surface area contributed by atoms with Crippen LogP contribution in [0.15, 0.2) is 35.3 Å². The molecule has 0 fully saturated rings. The van der Waals surface area contributed by atoms with Gasteiger partial charge >= 0.3 is 0 Å². The molecule has 2 atom stereocenters. The third-order valence-corrected chi connectivity index (χ3v) is 10.3. The molecule has 28 heavy (non-hydrogen) atoms. The van der Waals surface area contributed by atoms with E-state index in [1.54, 1.807) is 14.2 Å². The number of hydrogen-bond acceptors (Lipinski definition) is 4. The minimum Gasteiger partial charge on any atom is -0.497 e. The summed E-state index contributed by atoms with van der Waals surface area (Å²) in [5.41, 5.74) is 1.10. The Balaban J connectivity index is 2.69. The van der Waals surface area contributed by atoms with E-state index >= 15 is 0 Å². The van der Waals surface area contributed by atoms with Crippen LogP contribution >= 0.6 is 15.9 Å². The third kappa shape index (κ3) is 8.37. The van der Waals surface area contributed by atoms with E-state index in [4.69, 9.17) is 18.6 Å². The molecule has 0 unspecified atom stereocenters. The molecule has 1 aromatic rings. The fourth-order valence-corrected chi connectivity index (χ4v) is 3.92. The molecule has 0 N–H and O–H groups in total. The predicted octanol–water partition coefficient (Wildman–Crippen LogP) is 6.31. The van der Waals surface area contributed by atoms with Gasteiger partial charge in [0, 0.05) is 20.1 Å². The molecule has 0 aromatic heterocycles. The molecule has 0 saturated carbocycles. The van der Waals surface area contributed by atoms with E-state index in [-0.39, 0.29) is 17.2 Å². The lowest BCUT2D eigenvalue weighted by Gasteiger charge is -2.37. The molecule has 0 aliphatic carbocycles. The Hall–Kier alpha value is -0.663. The lowest BCUT2D eigenvalue weighted by Crippen LogP contribution is -2.42. The zero-order valence-corrected chi connectivity index (χ0v) is 21.1. The Morgan fingerprint density at radius 1 is 1.11 bits per heavy atom. The van der Waals surface area contributed by atoms with Crippen LogP contribution in [0, 0.1) is 0 Å². The van der Waals surface area contributed by atoms with Gasteiger partial charge in [-0.3, -0.25) is 0 Å². The number of ether oxygens (including phenoxy) is 3. The van der Waals surface area contributed by atoms with Crippen molar-refractivity contribution in [3.8, 4) is 5.75 Å². The van der Waals surface area contributed by atoms with Crippen molar-refractivity contribution in [2.24, 2.45) is 0 Å². The molecular formula is C22H37BrO4Si. The minimum absolute atomic E-state index is 0.0580. The Bertz CT molecular complexity index is 596. The molecule has 4 nitrogen and oxygen atoms in total. The average molecular weight is 474 g/mol. The van der Waals surface area contributed by atoms with Gasteiger partial charge in [-0.05, 0) is 46.7 Å². The second-order valence-corrected chi connectivity index (χ2v) is 14.5. The predicted molar refractivity (Wildman–Crippen MR) is 123 cm³/mol. The molecule has 0 aliphatic rings. The maximum atomic E-state index is 6.32. The lowest BCUT2D eigenvalue weighted by atomic mass is 10.1. The number of benzene rings is 1. The van der Waals surface area contributed by atoms with Crippen LogP contribution < -0.4 is 4.74 Å². The maximum absolute atomic E-state index is 6.32. The quantitative estimate of drug-likeness (QED) is 0.334. The standard InChI is InChI=1S/C22H37BrO4Si/c1-17(23)15-21(26-16-18-9-11-19(24-5)12-10-18)20(25-6)13-14-27-28(7,8)22(2,3)4/h9-12,20-21H,1,13-16H2,2-8H3/t20-,21-/m0/s1. The summed E-state index contributed by atoms with van der Waals surface area (Å²) in [6.07, 6.45) is 1.32. The summed E-state index contributed by atoms with van der Waals surface area (Å²) in [5, 5.41) is 0.198. The molecular weight excluding hydrogens is 436 g/mol. The third-order valence-electron chi connectivity index (χ3n) is 5.43. The Kier molecular flexibility index (Phi) is 10.4. The zero-order valence-electron chi connectivity index (χ0n) is 18.5. The van der Waals surface area contributed by atoms with Crippen LogP contribution in [0.25, 0.3) is 0 Å². The van der Waals surface area contributed by atoms with Crippen LogP contribution in [-0.2, 0) is 20.5 Å². The normalized spacial score (nSPS) is 14.6. The van der Waals surface area contributed by atoms with E-state index in [2.05, 4.69) is 56.4 Å². The van der Waals surface area contributed by atoms with E-state index in [0.29, 0.717) is 19.6 Å². The first-order valence-electron chi connectivity index (χ1n) is 9.74. The van der Waals surface area contributed by atoms with Crippen molar-refractivity contribution >= 4 is 24.2 Å². The van der Waals surface area contributed by atoms with Gasteiger partial charge in [0.15, 0.2) is 8.32 Å². The summed E-state index contributed by atoms with van der Waals surface area (Å²) in [6, 6.07) is 7.92. The van der Waals surface area contributed by atoms with Crippen LogP contribution in [0.5, 0.6) is 5.75 Å². The smallest absolute Gasteiger partial charge is 0.191 e. The minimum atomic E-state index is -1.77. The molecule has 0 heterocycles. The first kappa shape index (κ1) is 25.4. The summed E-state index contributed by atoms with van der Waals surface area (Å²) < 4.78 is 24.4. The summed E-state index contributed by atoms with van der Waals surface area (Å²) in [4.78, 5) is 0. The number of hydrogen-bond donors (Lipinski definition) is 0. The van der Waals surface area contributed by atoms with Gasteiger partial charge in [0.1, 0.15) is 5.75 Å². The summed E-state index contributed by atoms with van der Waals surface area (Å²) in [7, 11) is 1.63. The average Bonchev–Trinajstić information content (AvgIpc) is 2.61. The largest absolute Gasteiger partial charge is 0.497 e. The van der Waals surface area contributed by atoms with Gasteiger partial charge in [-0.25, -0.2) is 0 Å². The topological polar surface area (TPSA) is 36.9 Å². The van der Waals surface area contributed by atoms with Gasteiger partial charge in [0.05, 0.1) is 25.9 Å². The summed E-state index contributed by atoms with van der Waals surface area (Å²) in [5.74, 6) is 0.840. The fraction of sp³-hybridized carbons (Fsp3) is 0.636. The van der Waals surface area contributed by atoms with Gasteiger partial charge in [0.2, 0.25) is 0 Å². The maximum Gasteiger partial charge on any atom is 0.191 e. The summed E-state index contributed by atoms with van der Waals surface area (Å²) >= 11 is 3.47. The van der Waals surface area contributed by atoms with Crippen LogP contribution in [-0.4, -0.2) is 41.4 Å². The van der Waals surface area contributed by atoms with Crippen molar-refractivity contribution in [2.45, 2.75) is 70.6 Å². The number of rotatable bonds is 12. The molecule has 160 valence electrons. The molecule has 0 amide bonds. The SMILES string of the molecule is C=C(Br)C[C@H](OCc1ccc(OC)cc1)[C@H](CCO[Si](C)(C)C(C)(C)C)OC. The van der Waals surface area contributed by atoms with E-state index < -0.39 is 8.32 Å². The molecule has 1 aromatic carbocycles. The Labute approximate surface area is 180 Å². The fourth-order valence-electron chi connectivity index (χ4n) is 2.54. The van der Waals surface area contributed by atoms with Crippen LogP contribution in [0.3, 0.4) is 0 Å². The Morgan fingerprint density at radius 3 is 2.18 bits per heavy atom. The van der Waals surface area contributed by atoms with Gasteiger partial charge in [-0.15, -0.1) is 0 Å². The van der Waals surface area contributed by atoms with Crippen molar-refractivity contribution in [3.63, 3.8) is 0 Å². The monoisotopic (exact) mass is 472 g/mol. The molecule has 1 rings (SSSR count). The van der Waals surface area contributed by atoms with Gasteiger partial charge in [0.25, 0.3) is 0 Å². The first-order chi connectivity index (χ1) is 13.0. The summed E-state index contributed by atoms with van der Waals surface area (Å²) in [6.45, 7) is 16.5. The highest BCUT2D eigenvalue weighted by atomic mass is 79.9. The highest BCUT2D eigenvalue weighted by molar-refractivity contribution is 9.11. The Morgan fingerprint density at radius 2 is 1.71 bits per heavy atom. The van der Waals surface area contributed by atoms with Crippen molar-refractivity contribution in [2.75, 3.05) is 20.8 Å². The highest BCUT2D eigenvalue weighted by Gasteiger charge is 2.37. The van der Waals surface area contributed by atoms with Crippen molar-refractivity contribution in [1.82, 2.24) is 0 Å². The van der Waals surface area contributed by atoms with Crippen LogP contribution in [0.4, 0.5) is 0 Å². The lowest BCUT2D eigenvalue weighted by molar-refractivity contribution is -0.0690. The van der Waals surface area contributed by atoms with Crippen molar-refractivity contribution in [1.29, 1.82) is 0 Å². The van der Waals surface area contributed by atoms with Gasteiger partial charge in [-0.2, -0.15) is 0 Å². The van der Waals surface area contributed by atoms with E-state index in [1.807, 2.05) is 24.3 Å². The molecule has 0 radical (unpaired) electrons. The van der Waals surface area contributed by atoms with Crippen LogP contribution in [0.2, 0.25) is 18.1 Å². The molecule has 6 heteroatoms. The zero-order chi connectivity index (χ0) is 21.4. The first-order valence-corrected chi connectivity index (χ1v) is 13.4.